The summed E-state index contributed by atoms with van der Waals surface area (Å²) in [5.41, 5.74) is 7.25. The van der Waals surface area contributed by atoms with Crippen LogP contribution in [0.1, 0.15) is 41.7 Å². The lowest BCUT2D eigenvalue weighted by atomic mass is 9.98. The number of piperidine rings is 1. The van der Waals surface area contributed by atoms with Crippen molar-refractivity contribution in [2.45, 2.75) is 38.6 Å². The summed E-state index contributed by atoms with van der Waals surface area (Å²) in [5, 5.41) is 0. The van der Waals surface area contributed by atoms with Crippen LogP contribution in [0.25, 0.3) is 0 Å². The van der Waals surface area contributed by atoms with E-state index in [-0.39, 0.29) is 5.91 Å². The lowest BCUT2D eigenvalue weighted by Crippen LogP contribution is -2.44. The van der Waals surface area contributed by atoms with Crippen LogP contribution in [0.15, 0.2) is 18.3 Å². The summed E-state index contributed by atoms with van der Waals surface area (Å²) in [4.78, 5) is 18.6. The topological polar surface area (TPSA) is 59.2 Å². The Hall–Kier alpha value is -1.42. The number of aromatic nitrogens is 1. The SMILES string of the molecule is Cc1ccc(C(=O)N2CCCC[C@H]2CCN)cn1. The summed E-state index contributed by atoms with van der Waals surface area (Å²) in [6.45, 7) is 3.41. The fourth-order valence-corrected chi connectivity index (χ4v) is 2.52. The number of pyridine rings is 1. The van der Waals surface area contributed by atoms with Gasteiger partial charge >= 0.3 is 0 Å². The number of likely N-dealkylation sites (tertiary alicyclic amines) is 1. The number of hydrogen-bond donors (Lipinski definition) is 1. The zero-order valence-electron chi connectivity index (χ0n) is 10.9. The van der Waals surface area contributed by atoms with Gasteiger partial charge in [0.2, 0.25) is 0 Å². The zero-order chi connectivity index (χ0) is 13.0. The van der Waals surface area contributed by atoms with Crippen molar-refractivity contribution in [3.05, 3.63) is 29.6 Å². The average molecular weight is 247 g/mol. The molecule has 1 saturated heterocycles. The van der Waals surface area contributed by atoms with Crippen molar-refractivity contribution in [3.8, 4) is 0 Å². The highest BCUT2D eigenvalue weighted by Gasteiger charge is 2.26. The first-order valence-corrected chi connectivity index (χ1v) is 6.66. The van der Waals surface area contributed by atoms with E-state index in [1.807, 2.05) is 24.0 Å². The molecule has 1 aliphatic rings. The maximum absolute atomic E-state index is 12.4. The van der Waals surface area contributed by atoms with E-state index in [0.29, 0.717) is 18.2 Å². The molecule has 98 valence electrons. The van der Waals surface area contributed by atoms with Gasteiger partial charge in [-0.05, 0) is 51.3 Å². The quantitative estimate of drug-likeness (QED) is 0.885. The van der Waals surface area contributed by atoms with Gasteiger partial charge in [0.05, 0.1) is 5.56 Å². The van der Waals surface area contributed by atoms with Gasteiger partial charge in [0.15, 0.2) is 0 Å². The zero-order valence-corrected chi connectivity index (χ0v) is 10.9. The molecule has 2 N–H and O–H groups in total. The van der Waals surface area contributed by atoms with Gasteiger partial charge in [-0.25, -0.2) is 0 Å². The third-order valence-electron chi connectivity index (χ3n) is 3.55. The molecule has 0 saturated carbocycles. The van der Waals surface area contributed by atoms with Crippen molar-refractivity contribution in [2.24, 2.45) is 5.73 Å². The molecule has 2 rings (SSSR count). The van der Waals surface area contributed by atoms with E-state index in [2.05, 4.69) is 4.98 Å². The maximum atomic E-state index is 12.4. The van der Waals surface area contributed by atoms with Gasteiger partial charge in [0.1, 0.15) is 0 Å². The van der Waals surface area contributed by atoms with Crippen LogP contribution < -0.4 is 5.73 Å². The highest BCUT2D eigenvalue weighted by atomic mass is 16.2. The number of hydrogen-bond acceptors (Lipinski definition) is 3. The third-order valence-corrected chi connectivity index (χ3v) is 3.55. The second-order valence-electron chi connectivity index (χ2n) is 4.91. The summed E-state index contributed by atoms with van der Waals surface area (Å²) in [6, 6.07) is 4.05. The van der Waals surface area contributed by atoms with E-state index in [1.165, 1.54) is 6.42 Å². The highest BCUT2D eigenvalue weighted by Crippen LogP contribution is 2.21. The summed E-state index contributed by atoms with van der Waals surface area (Å²) < 4.78 is 0. The predicted octanol–water partition coefficient (Wildman–Crippen LogP) is 1.73. The molecule has 0 radical (unpaired) electrons. The van der Waals surface area contributed by atoms with Crippen molar-refractivity contribution in [2.75, 3.05) is 13.1 Å². The van der Waals surface area contributed by atoms with Crippen LogP contribution >= 0.6 is 0 Å². The normalized spacial score (nSPS) is 19.9. The number of amides is 1. The Labute approximate surface area is 108 Å². The van der Waals surface area contributed by atoms with Crippen LogP contribution in [0.4, 0.5) is 0 Å². The van der Waals surface area contributed by atoms with E-state index in [9.17, 15) is 4.79 Å². The standard InChI is InChI=1S/C14H21N3O/c1-11-5-6-12(10-16-11)14(18)17-9-3-2-4-13(17)7-8-15/h5-6,10,13H,2-4,7-9,15H2,1H3/t13-/m0/s1. The van der Waals surface area contributed by atoms with Crippen molar-refractivity contribution in [1.29, 1.82) is 0 Å². The maximum Gasteiger partial charge on any atom is 0.255 e. The Balaban J connectivity index is 2.12. The number of rotatable bonds is 3. The van der Waals surface area contributed by atoms with Gasteiger partial charge in [-0.1, -0.05) is 0 Å². The third kappa shape index (κ3) is 2.88. The Kier molecular flexibility index (Phi) is 4.31. The smallest absolute Gasteiger partial charge is 0.255 e. The molecule has 1 aromatic heterocycles. The van der Waals surface area contributed by atoms with Gasteiger partial charge in [0.25, 0.3) is 5.91 Å². The second kappa shape index (κ2) is 5.96. The molecule has 0 bridgehead atoms. The Morgan fingerprint density at radius 2 is 2.33 bits per heavy atom. The number of nitrogens with two attached hydrogens (primary N) is 1. The second-order valence-corrected chi connectivity index (χ2v) is 4.91. The minimum atomic E-state index is 0.0978. The van der Waals surface area contributed by atoms with Crippen molar-refractivity contribution >= 4 is 5.91 Å². The summed E-state index contributed by atoms with van der Waals surface area (Å²) in [7, 11) is 0. The van der Waals surface area contributed by atoms with E-state index in [1.54, 1.807) is 6.20 Å². The largest absolute Gasteiger partial charge is 0.336 e. The van der Waals surface area contributed by atoms with Gasteiger partial charge in [-0.2, -0.15) is 0 Å². The first-order chi connectivity index (χ1) is 8.72. The molecular weight excluding hydrogens is 226 g/mol. The lowest BCUT2D eigenvalue weighted by Gasteiger charge is -2.35. The number of carbonyl (C=O) groups is 1. The molecule has 0 spiro atoms. The Bertz CT molecular complexity index is 400. The van der Waals surface area contributed by atoms with E-state index < -0.39 is 0 Å². The average Bonchev–Trinajstić information content (AvgIpc) is 2.40. The minimum Gasteiger partial charge on any atom is -0.336 e. The number of carbonyl (C=O) groups excluding carboxylic acids is 1. The first kappa shape index (κ1) is 13.0. The molecule has 18 heavy (non-hydrogen) atoms. The number of nitrogens with zero attached hydrogens (tertiary/aromatic N) is 2. The van der Waals surface area contributed by atoms with Crippen LogP contribution in [-0.4, -0.2) is 34.9 Å². The van der Waals surface area contributed by atoms with Crippen LogP contribution in [0.3, 0.4) is 0 Å². The first-order valence-electron chi connectivity index (χ1n) is 6.66. The molecule has 0 aromatic carbocycles. The predicted molar refractivity (Wildman–Crippen MR) is 71.3 cm³/mol. The van der Waals surface area contributed by atoms with E-state index >= 15 is 0 Å². The molecule has 1 fully saturated rings. The fourth-order valence-electron chi connectivity index (χ4n) is 2.52. The van der Waals surface area contributed by atoms with Crippen molar-refractivity contribution in [3.63, 3.8) is 0 Å². The monoisotopic (exact) mass is 247 g/mol. The molecular formula is C14H21N3O. The van der Waals surface area contributed by atoms with Crippen LogP contribution in [-0.2, 0) is 0 Å². The molecule has 1 aromatic rings. The van der Waals surface area contributed by atoms with Gasteiger partial charge < -0.3 is 10.6 Å². The lowest BCUT2D eigenvalue weighted by molar-refractivity contribution is 0.0604. The molecule has 1 aliphatic heterocycles. The molecule has 2 heterocycles. The van der Waals surface area contributed by atoms with Crippen LogP contribution in [0.2, 0.25) is 0 Å². The number of aryl methyl sites for hydroxylation is 1. The van der Waals surface area contributed by atoms with Gasteiger partial charge in [-0.3, -0.25) is 9.78 Å². The molecule has 4 heteroatoms. The molecule has 0 unspecified atom stereocenters. The Morgan fingerprint density at radius 3 is 3.00 bits per heavy atom. The summed E-state index contributed by atoms with van der Waals surface area (Å²) >= 11 is 0. The van der Waals surface area contributed by atoms with Crippen LogP contribution in [0.5, 0.6) is 0 Å². The summed E-state index contributed by atoms with van der Waals surface area (Å²) in [5.74, 6) is 0.0978. The van der Waals surface area contributed by atoms with Gasteiger partial charge in [0, 0.05) is 24.5 Å². The molecule has 1 amide bonds. The van der Waals surface area contributed by atoms with Crippen molar-refractivity contribution in [1.82, 2.24) is 9.88 Å². The molecule has 1 atom stereocenters. The molecule has 0 aliphatic carbocycles. The minimum absolute atomic E-state index is 0.0978. The Morgan fingerprint density at radius 1 is 1.50 bits per heavy atom. The van der Waals surface area contributed by atoms with E-state index in [4.69, 9.17) is 5.73 Å². The van der Waals surface area contributed by atoms with Gasteiger partial charge in [-0.15, -0.1) is 0 Å². The van der Waals surface area contributed by atoms with Crippen LogP contribution in [0, 0.1) is 6.92 Å². The fraction of sp³-hybridized carbons (Fsp3) is 0.571. The summed E-state index contributed by atoms with van der Waals surface area (Å²) in [6.07, 6.45) is 5.92. The highest BCUT2D eigenvalue weighted by molar-refractivity contribution is 5.94. The molecule has 4 nitrogen and oxygen atoms in total. The van der Waals surface area contributed by atoms with Crippen molar-refractivity contribution < 1.29 is 4.79 Å². The van der Waals surface area contributed by atoms with E-state index in [0.717, 1.165) is 31.5 Å².